The van der Waals surface area contributed by atoms with Gasteiger partial charge in [-0.2, -0.15) is 0 Å². The Balaban J connectivity index is 2.51. The van der Waals surface area contributed by atoms with Crippen LogP contribution >= 0.6 is 0 Å². The predicted octanol–water partition coefficient (Wildman–Crippen LogP) is 3.51. The molecule has 0 fully saturated rings. The van der Waals surface area contributed by atoms with Crippen molar-refractivity contribution in [3.8, 4) is 5.69 Å². The van der Waals surface area contributed by atoms with Crippen molar-refractivity contribution in [3.05, 3.63) is 40.7 Å². The number of hydrogen-bond donors (Lipinski definition) is 1. The molecular formula is C17H26N4. The second-order valence-electron chi connectivity index (χ2n) is 5.50. The molecule has 114 valence electrons. The molecule has 1 aromatic carbocycles. The van der Waals surface area contributed by atoms with Crippen LogP contribution in [0.15, 0.2) is 18.2 Å². The number of benzene rings is 1. The Bertz CT molecular complexity index is 601. The van der Waals surface area contributed by atoms with Crippen LogP contribution in [-0.4, -0.2) is 21.5 Å². The molecule has 0 amide bonds. The average Bonchev–Trinajstić information content (AvgIpc) is 2.90. The first kappa shape index (κ1) is 15.7. The standard InChI is InChI=1S/C17H26N4/c1-6-14(18-8-3)17-15(7-2)21(20-19-17)16-11-12(4)9-10-13(16)5/h9-11,14,18H,6-8H2,1-5H3. The van der Waals surface area contributed by atoms with Crippen LogP contribution in [0.2, 0.25) is 0 Å². The quantitative estimate of drug-likeness (QED) is 0.883. The van der Waals surface area contributed by atoms with E-state index >= 15 is 0 Å². The van der Waals surface area contributed by atoms with Crippen molar-refractivity contribution >= 4 is 0 Å². The molecule has 1 unspecified atom stereocenters. The molecule has 0 aliphatic heterocycles. The van der Waals surface area contributed by atoms with Crippen molar-refractivity contribution in [1.29, 1.82) is 0 Å². The summed E-state index contributed by atoms with van der Waals surface area (Å²) >= 11 is 0. The zero-order valence-electron chi connectivity index (χ0n) is 13.8. The molecule has 2 rings (SSSR count). The molecule has 1 N–H and O–H groups in total. The van der Waals surface area contributed by atoms with Crippen LogP contribution < -0.4 is 5.32 Å². The Morgan fingerprint density at radius 2 is 1.95 bits per heavy atom. The summed E-state index contributed by atoms with van der Waals surface area (Å²) in [4.78, 5) is 0. The minimum atomic E-state index is 0.281. The van der Waals surface area contributed by atoms with E-state index in [0.717, 1.165) is 30.8 Å². The lowest BCUT2D eigenvalue weighted by atomic mass is 10.1. The van der Waals surface area contributed by atoms with Crippen LogP contribution in [0.3, 0.4) is 0 Å². The highest BCUT2D eigenvalue weighted by molar-refractivity contribution is 5.44. The third-order valence-corrected chi connectivity index (χ3v) is 3.91. The summed E-state index contributed by atoms with van der Waals surface area (Å²) in [6, 6.07) is 6.74. The van der Waals surface area contributed by atoms with E-state index in [0.29, 0.717) is 0 Å². The summed E-state index contributed by atoms with van der Waals surface area (Å²) in [6.07, 6.45) is 1.95. The molecule has 4 heteroatoms. The van der Waals surface area contributed by atoms with Gasteiger partial charge >= 0.3 is 0 Å². The first-order valence-corrected chi connectivity index (χ1v) is 7.87. The van der Waals surface area contributed by atoms with Gasteiger partial charge in [0.1, 0.15) is 5.69 Å². The van der Waals surface area contributed by atoms with Crippen molar-refractivity contribution < 1.29 is 0 Å². The van der Waals surface area contributed by atoms with Crippen molar-refractivity contribution in [3.63, 3.8) is 0 Å². The van der Waals surface area contributed by atoms with Gasteiger partial charge in [-0.15, -0.1) is 5.10 Å². The number of aromatic nitrogens is 3. The highest BCUT2D eigenvalue weighted by Crippen LogP contribution is 2.23. The Kier molecular flexibility index (Phi) is 5.12. The lowest BCUT2D eigenvalue weighted by Crippen LogP contribution is -2.22. The summed E-state index contributed by atoms with van der Waals surface area (Å²) in [7, 11) is 0. The van der Waals surface area contributed by atoms with E-state index in [1.807, 2.05) is 4.68 Å². The summed E-state index contributed by atoms with van der Waals surface area (Å²) in [6.45, 7) is 11.7. The SMILES string of the molecule is CCNC(CC)c1nnn(-c2cc(C)ccc2C)c1CC. The molecule has 0 bridgehead atoms. The largest absolute Gasteiger partial charge is 0.309 e. The van der Waals surface area contributed by atoms with Crippen LogP contribution in [-0.2, 0) is 6.42 Å². The zero-order valence-corrected chi connectivity index (χ0v) is 13.8. The van der Waals surface area contributed by atoms with Gasteiger partial charge in [0.15, 0.2) is 0 Å². The Morgan fingerprint density at radius 1 is 1.19 bits per heavy atom. The van der Waals surface area contributed by atoms with Gasteiger partial charge < -0.3 is 5.32 Å². The summed E-state index contributed by atoms with van der Waals surface area (Å²) in [5.74, 6) is 0. The van der Waals surface area contributed by atoms with Crippen molar-refractivity contribution in [2.75, 3.05) is 6.54 Å². The van der Waals surface area contributed by atoms with Gasteiger partial charge in [-0.3, -0.25) is 0 Å². The van der Waals surface area contributed by atoms with Gasteiger partial charge in [-0.05, 0) is 50.4 Å². The van der Waals surface area contributed by atoms with Crippen LogP contribution in [0.5, 0.6) is 0 Å². The van der Waals surface area contributed by atoms with Gasteiger partial charge in [0.2, 0.25) is 0 Å². The van der Waals surface area contributed by atoms with Crippen LogP contribution in [0.1, 0.15) is 55.7 Å². The number of hydrogen-bond acceptors (Lipinski definition) is 3. The number of nitrogens with zero attached hydrogens (tertiary/aromatic N) is 3. The molecule has 0 saturated carbocycles. The van der Waals surface area contributed by atoms with Crippen molar-refractivity contribution in [2.24, 2.45) is 0 Å². The Hall–Kier alpha value is -1.68. The summed E-state index contributed by atoms with van der Waals surface area (Å²) in [5.41, 5.74) is 5.90. The van der Waals surface area contributed by atoms with Gasteiger partial charge in [0, 0.05) is 0 Å². The predicted molar refractivity (Wildman–Crippen MR) is 86.9 cm³/mol. The molecule has 1 atom stereocenters. The van der Waals surface area contributed by atoms with Gasteiger partial charge in [0.05, 0.1) is 17.4 Å². The molecule has 0 radical (unpaired) electrons. The third-order valence-electron chi connectivity index (χ3n) is 3.91. The number of aryl methyl sites for hydroxylation is 2. The molecule has 0 aliphatic rings. The smallest absolute Gasteiger partial charge is 0.103 e. The minimum Gasteiger partial charge on any atom is -0.309 e. The van der Waals surface area contributed by atoms with Gasteiger partial charge in [0.25, 0.3) is 0 Å². The second kappa shape index (κ2) is 6.85. The highest BCUT2D eigenvalue weighted by Gasteiger charge is 2.20. The topological polar surface area (TPSA) is 42.7 Å². The van der Waals surface area contributed by atoms with E-state index < -0.39 is 0 Å². The first-order chi connectivity index (χ1) is 10.1. The Morgan fingerprint density at radius 3 is 2.57 bits per heavy atom. The molecule has 2 aromatic rings. The maximum absolute atomic E-state index is 4.47. The van der Waals surface area contributed by atoms with Crippen molar-refractivity contribution in [1.82, 2.24) is 20.3 Å². The molecule has 21 heavy (non-hydrogen) atoms. The first-order valence-electron chi connectivity index (χ1n) is 7.87. The molecule has 0 saturated heterocycles. The van der Waals surface area contributed by atoms with E-state index in [-0.39, 0.29) is 6.04 Å². The van der Waals surface area contributed by atoms with Gasteiger partial charge in [-0.25, -0.2) is 4.68 Å². The van der Waals surface area contributed by atoms with Crippen LogP contribution in [0.25, 0.3) is 5.69 Å². The van der Waals surface area contributed by atoms with Crippen LogP contribution in [0, 0.1) is 13.8 Å². The fraction of sp³-hybridized carbons (Fsp3) is 0.529. The summed E-state index contributed by atoms with van der Waals surface area (Å²) in [5, 5.41) is 12.4. The molecule has 1 heterocycles. The maximum atomic E-state index is 4.47. The average molecular weight is 286 g/mol. The number of rotatable bonds is 6. The minimum absolute atomic E-state index is 0.281. The maximum Gasteiger partial charge on any atom is 0.103 e. The third kappa shape index (κ3) is 3.16. The molecule has 0 spiro atoms. The lowest BCUT2D eigenvalue weighted by Gasteiger charge is -2.15. The number of nitrogens with one attached hydrogen (secondary N) is 1. The van der Waals surface area contributed by atoms with E-state index in [9.17, 15) is 0 Å². The van der Waals surface area contributed by atoms with E-state index in [4.69, 9.17) is 0 Å². The zero-order chi connectivity index (χ0) is 15.4. The second-order valence-corrected chi connectivity index (χ2v) is 5.50. The molecule has 1 aromatic heterocycles. The Labute approximate surface area is 127 Å². The molecule has 0 aliphatic carbocycles. The van der Waals surface area contributed by atoms with E-state index in [1.165, 1.54) is 16.8 Å². The highest BCUT2D eigenvalue weighted by atomic mass is 15.4. The molecule has 4 nitrogen and oxygen atoms in total. The van der Waals surface area contributed by atoms with Crippen LogP contribution in [0.4, 0.5) is 0 Å². The fourth-order valence-electron chi connectivity index (χ4n) is 2.74. The van der Waals surface area contributed by atoms with E-state index in [1.54, 1.807) is 0 Å². The fourth-order valence-corrected chi connectivity index (χ4v) is 2.74. The van der Waals surface area contributed by atoms with E-state index in [2.05, 4.69) is 68.4 Å². The summed E-state index contributed by atoms with van der Waals surface area (Å²) < 4.78 is 2.01. The molecular weight excluding hydrogens is 260 g/mol. The normalized spacial score (nSPS) is 12.6. The van der Waals surface area contributed by atoms with Gasteiger partial charge in [-0.1, -0.05) is 38.1 Å². The monoisotopic (exact) mass is 286 g/mol. The lowest BCUT2D eigenvalue weighted by molar-refractivity contribution is 0.520. The van der Waals surface area contributed by atoms with Crippen molar-refractivity contribution in [2.45, 2.75) is 53.5 Å².